The first-order valence-corrected chi connectivity index (χ1v) is 12.5. The molecular weight excluding hydrogens is 446 g/mol. The number of benzene rings is 2. The molecule has 3 aromatic rings. The summed E-state index contributed by atoms with van der Waals surface area (Å²) in [4.78, 5) is 34.4. The Balaban J connectivity index is 1.40. The predicted octanol–water partition coefficient (Wildman–Crippen LogP) is 4.72. The predicted molar refractivity (Wildman–Crippen MR) is 133 cm³/mol. The molecule has 0 radical (unpaired) electrons. The lowest BCUT2D eigenvalue weighted by Gasteiger charge is -2.17. The Morgan fingerprint density at radius 1 is 1.03 bits per heavy atom. The smallest absolute Gasteiger partial charge is 0.284 e. The van der Waals surface area contributed by atoms with E-state index in [-0.39, 0.29) is 17.1 Å². The summed E-state index contributed by atoms with van der Waals surface area (Å²) in [6.45, 7) is 0.790. The fourth-order valence-corrected chi connectivity index (χ4v) is 5.64. The van der Waals surface area contributed by atoms with Gasteiger partial charge in [-0.15, -0.1) is 5.10 Å². The van der Waals surface area contributed by atoms with Crippen LogP contribution < -0.4 is 5.56 Å². The number of nitrogens with zero attached hydrogens (tertiary/aromatic N) is 4. The van der Waals surface area contributed by atoms with Crippen LogP contribution in [-0.2, 0) is 13.0 Å². The molecule has 3 aliphatic rings. The van der Waals surface area contributed by atoms with E-state index in [2.05, 4.69) is 14.6 Å². The van der Waals surface area contributed by atoms with Crippen molar-refractivity contribution in [2.75, 3.05) is 5.75 Å². The van der Waals surface area contributed by atoms with E-state index in [1.807, 2.05) is 54.6 Å². The van der Waals surface area contributed by atoms with Crippen molar-refractivity contribution in [2.45, 2.75) is 37.4 Å². The van der Waals surface area contributed by atoms with E-state index >= 15 is 0 Å². The molecule has 3 aliphatic heterocycles. The van der Waals surface area contributed by atoms with E-state index in [4.69, 9.17) is 4.98 Å². The van der Waals surface area contributed by atoms with Gasteiger partial charge in [-0.3, -0.25) is 9.59 Å². The fourth-order valence-electron chi connectivity index (χ4n) is 4.72. The highest BCUT2D eigenvalue weighted by molar-refractivity contribution is 7.99. The first-order chi connectivity index (χ1) is 16.7. The number of fused-ring (bicyclic) bond motifs is 4. The van der Waals surface area contributed by atoms with Gasteiger partial charge in [-0.05, 0) is 37.5 Å². The normalized spacial score (nSPS) is 13.8. The van der Waals surface area contributed by atoms with Gasteiger partial charge >= 0.3 is 0 Å². The second-order valence-corrected chi connectivity index (χ2v) is 9.46. The second-order valence-electron chi connectivity index (χ2n) is 8.51. The summed E-state index contributed by atoms with van der Waals surface area (Å²) in [6.07, 6.45) is 5.73. The number of carbonyl (C=O) groups excluding carboxylic acids is 1. The number of hydrogen-bond donors (Lipinski definition) is 1. The van der Waals surface area contributed by atoms with Crippen LogP contribution in [0.4, 0.5) is 0 Å². The highest BCUT2D eigenvalue weighted by atomic mass is 32.2. The molecule has 2 aromatic carbocycles. The summed E-state index contributed by atoms with van der Waals surface area (Å²) in [7, 11) is 0. The fraction of sp³-hybridized carbons (Fsp3) is 0.231. The molecule has 0 bridgehead atoms. The van der Waals surface area contributed by atoms with Gasteiger partial charge in [0.05, 0.1) is 11.4 Å². The van der Waals surface area contributed by atoms with Crippen LogP contribution >= 0.6 is 11.8 Å². The van der Waals surface area contributed by atoms with Crippen LogP contribution in [0.3, 0.4) is 0 Å². The van der Waals surface area contributed by atoms with Crippen LogP contribution in [0.1, 0.15) is 35.3 Å². The van der Waals surface area contributed by atoms with E-state index in [9.17, 15) is 9.59 Å². The summed E-state index contributed by atoms with van der Waals surface area (Å²) >= 11 is 1.42. The summed E-state index contributed by atoms with van der Waals surface area (Å²) in [5.74, 6) is 0.763. The lowest BCUT2D eigenvalue weighted by atomic mass is 10.1. The minimum Gasteiger partial charge on any atom is -0.360 e. The van der Waals surface area contributed by atoms with Gasteiger partial charge in [-0.25, -0.2) is 4.98 Å². The lowest BCUT2D eigenvalue weighted by Crippen LogP contribution is -2.19. The molecule has 6 rings (SSSR count). The number of H-pyrrole nitrogens is 1. The Hall–Kier alpha value is -3.65. The molecule has 7 nitrogen and oxygen atoms in total. The highest BCUT2D eigenvalue weighted by Crippen LogP contribution is 2.31. The Labute approximate surface area is 200 Å². The zero-order chi connectivity index (χ0) is 23.1. The van der Waals surface area contributed by atoms with Gasteiger partial charge in [-0.2, -0.15) is 4.68 Å². The van der Waals surface area contributed by atoms with Crippen LogP contribution in [-0.4, -0.2) is 35.9 Å². The van der Waals surface area contributed by atoms with E-state index in [0.29, 0.717) is 17.0 Å². The molecule has 170 valence electrons. The number of Topliss-reactive ketones (excluding diaryl/α,β-unsaturated/α-hetero) is 1. The number of nitrogens with one attached hydrogen (secondary N) is 1. The number of aromatic nitrogens is 5. The number of hydrogen-bond acceptors (Lipinski definition) is 5. The number of aromatic amines is 1. The van der Waals surface area contributed by atoms with Crippen molar-refractivity contribution < 1.29 is 4.79 Å². The summed E-state index contributed by atoms with van der Waals surface area (Å²) in [5.41, 5.74) is 3.81. The first kappa shape index (κ1) is 20.9. The lowest BCUT2D eigenvalue weighted by molar-refractivity contribution is 0.102. The van der Waals surface area contributed by atoms with Crippen molar-refractivity contribution in [2.24, 2.45) is 0 Å². The molecule has 0 unspecified atom stereocenters. The minimum atomic E-state index is -0.134. The highest BCUT2D eigenvalue weighted by Gasteiger charge is 2.27. The zero-order valence-electron chi connectivity index (χ0n) is 18.5. The molecule has 34 heavy (non-hydrogen) atoms. The Morgan fingerprint density at radius 3 is 2.74 bits per heavy atom. The van der Waals surface area contributed by atoms with Crippen molar-refractivity contribution >= 4 is 28.4 Å². The number of carbonyl (C=O) groups is 1. The molecule has 1 N–H and O–H groups in total. The SMILES string of the molecule is O=C(CSc1nc2nn(-c3ccccc3)c(=O)c-2c2n1CCCCC2)c1c[nH]c2ccccc12. The number of para-hydroxylation sites is 2. The monoisotopic (exact) mass is 469 g/mol. The van der Waals surface area contributed by atoms with Crippen LogP contribution in [0, 0.1) is 0 Å². The van der Waals surface area contributed by atoms with E-state index in [1.165, 1.54) is 16.4 Å². The van der Waals surface area contributed by atoms with Crippen molar-refractivity contribution in [1.82, 2.24) is 24.3 Å². The summed E-state index contributed by atoms with van der Waals surface area (Å²) < 4.78 is 3.58. The number of thioether (sulfide) groups is 1. The number of ketones is 1. The van der Waals surface area contributed by atoms with Crippen LogP contribution in [0.5, 0.6) is 0 Å². The summed E-state index contributed by atoms with van der Waals surface area (Å²) in [5, 5.41) is 6.25. The van der Waals surface area contributed by atoms with Gasteiger partial charge in [0.15, 0.2) is 16.8 Å². The number of rotatable bonds is 5. The third kappa shape index (κ3) is 3.54. The molecule has 0 fully saturated rings. The molecule has 0 atom stereocenters. The molecule has 0 amide bonds. The van der Waals surface area contributed by atoms with Crippen molar-refractivity contribution in [3.05, 3.63) is 82.4 Å². The van der Waals surface area contributed by atoms with E-state index in [1.54, 1.807) is 6.20 Å². The van der Waals surface area contributed by atoms with Crippen LogP contribution in [0.2, 0.25) is 0 Å². The Bertz CT molecular complexity index is 1530. The Morgan fingerprint density at radius 2 is 1.85 bits per heavy atom. The van der Waals surface area contributed by atoms with Crippen LogP contribution in [0.15, 0.2) is 70.7 Å². The van der Waals surface area contributed by atoms with Gasteiger partial charge < -0.3 is 9.55 Å². The molecule has 0 spiro atoms. The third-order valence-corrected chi connectivity index (χ3v) is 7.37. The van der Waals surface area contributed by atoms with Gasteiger partial charge in [0.1, 0.15) is 5.56 Å². The molecule has 0 saturated heterocycles. The van der Waals surface area contributed by atoms with Gasteiger partial charge in [0.2, 0.25) is 0 Å². The average Bonchev–Trinajstić information content (AvgIpc) is 3.35. The van der Waals surface area contributed by atoms with Crippen molar-refractivity contribution in [3.63, 3.8) is 0 Å². The van der Waals surface area contributed by atoms with Gasteiger partial charge in [0.25, 0.3) is 5.56 Å². The molecular formula is C26H23N5O2S. The molecule has 4 heterocycles. The van der Waals surface area contributed by atoms with Crippen molar-refractivity contribution in [1.29, 1.82) is 0 Å². The largest absolute Gasteiger partial charge is 0.360 e. The van der Waals surface area contributed by atoms with Crippen molar-refractivity contribution in [3.8, 4) is 17.1 Å². The maximum Gasteiger partial charge on any atom is 0.284 e. The minimum absolute atomic E-state index is 0.0478. The molecule has 0 saturated carbocycles. The third-order valence-electron chi connectivity index (χ3n) is 6.39. The maximum absolute atomic E-state index is 13.4. The first-order valence-electron chi connectivity index (χ1n) is 11.5. The Kier molecular flexibility index (Phi) is 5.30. The van der Waals surface area contributed by atoms with Gasteiger partial charge in [0, 0.05) is 34.9 Å². The zero-order valence-corrected chi connectivity index (χ0v) is 19.3. The summed E-state index contributed by atoms with van der Waals surface area (Å²) in [6, 6.07) is 17.2. The average molecular weight is 470 g/mol. The van der Waals surface area contributed by atoms with Crippen LogP contribution in [0.25, 0.3) is 28.0 Å². The quantitative estimate of drug-likeness (QED) is 0.229. The molecule has 1 aromatic heterocycles. The molecule has 0 aliphatic carbocycles. The van der Waals surface area contributed by atoms with E-state index < -0.39 is 0 Å². The molecule has 8 heteroatoms. The maximum atomic E-state index is 13.4. The standard InChI is InChI=1S/C26H23N5O2S/c32-22(19-15-27-20-12-7-6-11-18(19)20)16-34-26-28-24-23(21-13-5-2-8-14-30(21)26)25(33)31(29-24)17-9-3-1-4-10-17/h1,3-4,6-7,9-12,15,27H,2,5,8,13-14,16H2. The second kappa shape index (κ2) is 8.61. The topological polar surface area (TPSA) is 85.6 Å². The van der Waals surface area contributed by atoms with Gasteiger partial charge in [-0.1, -0.05) is 54.6 Å². The van der Waals surface area contributed by atoms with E-state index in [0.717, 1.165) is 59.7 Å².